The minimum Gasteiger partial charge on any atom is -0.384 e. The van der Waals surface area contributed by atoms with E-state index in [1.54, 1.807) is 30.1 Å². The van der Waals surface area contributed by atoms with Gasteiger partial charge in [-0.2, -0.15) is 5.10 Å². The zero-order valence-corrected chi connectivity index (χ0v) is 12.0. The molecule has 0 aliphatic carbocycles. The molecule has 0 saturated carbocycles. The summed E-state index contributed by atoms with van der Waals surface area (Å²) in [6.07, 6.45) is 1.66. The second-order valence-corrected chi connectivity index (χ2v) is 5.11. The number of hydrogen-bond acceptors (Lipinski definition) is 3. The Morgan fingerprint density at radius 2 is 2.11 bits per heavy atom. The first-order valence-corrected chi connectivity index (χ1v) is 6.46. The number of carbonyl (C=O) groups excluding carboxylic acids is 1. The first-order valence-electron chi connectivity index (χ1n) is 5.38. The lowest BCUT2D eigenvalue weighted by Crippen LogP contribution is -2.23. The van der Waals surface area contributed by atoms with Gasteiger partial charge >= 0.3 is 0 Å². The number of anilines is 1. The van der Waals surface area contributed by atoms with Crippen molar-refractivity contribution in [3.8, 4) is 0 Å². The van der Waals surface area contributed by atoms with Crippen LogP contribution >= 0.6 is 22.6 Å². The molecular weight excluding hydrogens is 343 g/mol. The molecule has 1 amide bonds. The quantitative estimate of drug-likeness (QED) is 0.820. The van der Waals surface area contributed by atoms with Crippen LogP contribution in [-0.4, -0.2) is 15.7 Å². The number of nitrogens with zero attached hydrogens (tertiary/aromatic N) is 2. The van der Waals surface area contributed by atoms with Gasteiger partial charge in [0.05, 0.1) is 6.20 Å². The van der Waals surface area contributed by atoms with E-state index in [-0.39, 0.29) is 5.91 Å². The molecule has 6 heteroatoms. The van der Waals surface area contributed by atoms with Gasteiger partial charge in [0, 0.05) is 28.3 Å². The van der Waals surface area contributed by atoms with E-state index in [1.807, 2.05) is 12.1 Å². The van der Waals surface area contributed by atoms with Crippen molar-refractivity contribution in [2.75, 3.05) is 5.73 Å². The summed E-state index contributed by atoms with van der Waals surface area (Å²) < 4.78 is 2.67. The molecule has 94 valence electrons. The summed E-state index contributed by atoms with van der Waals surface area (Å²) in [5.74, 6) is 0.451. The summed E-state index contributed by atoms with van der Waals surface area (Å²) in [7, 11) is 1.76. The number of nitrogens with one attached hydrogen (secondary N) is 1. The van der Waals surface area contributed by atoms with Crippen LogP contribution in [0.4, 0.5) is 5.82 Å². The Kier molecular flexibility index (Phi) is 3.85. The number of amides is 1. The summed E-state index contributed by atoms with van der Waals surface area (Å²) in [6.45, 7) is 0.379. The van der Waals surface area contributed by atoms with E-state index in [9.17, 15) is 4.79 Å². The molecule has 0 radical (unpaired) electrons. The maximum absolute atomic E-state index is 11.9. The monoisotopic (exact) mass is 356 g/mol. The van der Waals surface area contributed by atoms with Gasteiger partial charge in [0.1, 0.15) is 5.82 Å². The lowest BCUT2D eigenvalue weighted by atomic mass is 10.2. The van der Waals surface area contributed by atoms with Crippen molar-refractivity contribution in [1.29, 1.82) is 0 Å². The molecule has 0 unspecified atom stereocenters. The largest absolute Gasteiger partial charge is 0.384 e. The van der Waals surface area contributed by atoms with Crippen molar-refractivity contribution >= 4 is 34.3 Å². The lowest BCUT2D eigenvalue weighted by molar-refractivity contribution is 0.0951. The van der Waals surface area contributed by atoms with Gasteiger partial charge in [0.25, 0.3) is 5.91 Å². The minimum atomic E-state index is -0.116. The Balaban J connectivity index is 2.00. The SMILES string of the molecule is Cn1ncc(CNC(=O)c2ccc(I)cc2)c1N. The summed E-state index contributed by atoms with van der Waals surface area (Å²) in [4.78, 5) is 11.9. The average molecular weight is 356 g/mol. The number of aromatic nitrogens is 2. The molecule has 2 rings (SSSR count). The zero-order valence-electron chi connectivity index (χ0n) is 9.85. The van der Waals surface area contributed by atoms with Crippen LogP contribution in [0.5, 0.6) is 0 Å². The normalized spacial score (nSPS) is 10.3. The number of aryl methyl sites for hydroxylation is 1. The Bertz CT molecular complexity index is 562. The molecule has 1 aromatic carbocycles. The van der Waals surface area contributed by atoms with Crippen LogP contribution in [0.3, 0.4) is 0 Å². The highest BCUT2D eigenvalue weighted by Gasteiger charge is 2.08. The second-order valence-electron chi connectivity index (χ2n) is 3.87. The van der Waals surface area contributed by atoms with Gasteiger partial charge in [-0.05, 0) is 46.9 Å². The van der Waals surface area contributed by atoms with Crippen molar-refractivity contribution in [3.63, 3.8) is 0 Å². The van der Waals surface area contributed by atoms with E-state index in [1.165, 1.54) is 0 Å². The molecule has 0 aliphatic rings. The number of nitrogen functional groups attached to an aromatic ring is 1. The summed E-state index contributed by atoms with van der Waals surface area (Å²) in [5.41, 5.74) is 7.25. The predicted octanol–water partition coefficient (Wildman–Crippen LogP) is 1.54. The van der Waals surface area contributed by atoms with Crippen LogP contribution < -0.4 is 11.1 Å². The third-order valence-corrected chi connectivity index (χ3v) is 3.33. The first kappa shape index (κ1) is 12.9. The number of halogens is 1. The fraction of sp³-hybridized carbons (Fsp3) is 0.167. The molecule has 0 fully saturated rings. The second kappa shape index (κ2) is 5.38. The number of hydrogen-bond donors (Lipinski definition) is 2. The maximum atomic E-state index is 11.9. The molecule has 2 aromatic rings. The number of benzene rings is 1. The molecule has 0 atom stereocenters. The first-order chi connectivity index (χ1) is 8.58. The van der Waals surface area contributed by atoms with Crippen molar-refractivity contribution in [3.05, 3.63) is 45.2 Å². The highest BCUT2D eigenvalue weighted by Crippen LogP contribution is 2.10. The molecule has 1 aromatic heterocycles. The topological polar surface area (TPSA) is 72.9 Å². The van der Waals surface area contributed by atoms with E-state index in [4.69, 9.17) is 5.73 Å². The molecule has 5 nitrogen and oxygen atoms in total. The van der Waals surface area contributed by atoms with Crippen LogP contribution in [0.2, 0.25) is 0 Å². The number of nitrogens with two attached hydrogens (primary N) is 1. The molecular formula is C12H13IN4O. The summed E-state index contributed by atoms with van der Waals surface area (Å²) in [6, 6.07) is 7.38. The Morgan fingerprint density at radius 3 is 2.67 bits per heavy atom. The highest BCUT2D eigenvalue weighted by molar-refractivity contribution is 14.1. The minimum absolute atomic E-state index is 0.116. The van der Waals surface area contributed by atoms with Crippen molar-refractivity contribution in [1.82, 2.24) is 15.1 Å². The molecule has 1 heterocycles. The van der Waals surface area contributed by atoms with Gasteiger partial charge in [-0.15, -0.1) is 0 Å². The van der Waals surface area contributed by atoms with E-state index >= 15 is 0 Å². The standard InChI is InChI=1S/C12H13IN4O/c1-17-11(14)9(7-16-17)6-15-12(18)8-2-4-10(13)5-3-8/h2-5,7H,6,14H2,1H3,(H,15,18). The molecule has 0 aliphatic heterocycles. The van der Waals surface area contributed by atoms with Gasteiger partial charge in [0.2, 0.25) is 0 Å². The third kappa shape index (κ3) is 2.81. The molecule has 18 heavy (non-hydrogen) atoms. The smallest absolute Gasteiger partial charge is 0.251 e. The summed E-state index contributed by atoms with van der Waals surface area (Å²) in [5, 5.41) is 6.83. The highest BCUT2D eigenvalue weighted by atomic mass is 127. The van der Waals surface area contributed by atoms with Crippen LogP contribution in [0, 0.1) is 3.57 Å². The zero-order chi connectivity index (χ0) is 13.1. The van der Waals surface area contributed by atoms with Crippen LogP contribution in [0.25, 0.3) is 0 Å². The van der Waals surface area contributed by atoms with Crippen LogP contribution in [0.1, 0.15) is 15.9 Å². The maximum Gasteiger partial charge on any atom is 0.251 e. The predicted molar refractivity (Wildman–Crippen MR) is 77.9 cm³/mol. The van der Waals surface area contributed by atoms with E-state index in [0.717, 1.165) is 9.13 Å². The van der Waals surface area contributed by atoms with Gasteiger partial charge in [0.15, 0.2) is 0 Å². The third-order valence-electron chi connectivity index (χ3n) is 2.61. The number of carbonyl (C=O) groups is 1. The van der Waals surface area contributed by atoms with Gasteiger partial charge in [-0.3, -0.25) is 9.48 Å². The van der Waals surface area contributed by atoms with E-state index in [2.05, 4.69) is 33.0 Å². The molecule has 0 bridgehead atoms. The molecule has 3 N–H and O–H groups in total. The van der Waals surface area contributed by atoms with Crippen LogP contribution in [-0.2, 0) is 13.6 Å². The number of rotatable bonds is 3. The molecule has 0 spiro atoms. The fourth-order valence-electron chi connectivity index (χ4n) is 1.51. The average Bonchev–Trinajstić information content (AvgIpc) is 2.68. The van der Waals surface area contributed by atoms with Crippen molar-refractivity contribution in [2.45, 2.75) is 6.54 Å². The van der Waals surface area contributed by atoms with Crippen LogP contribution in [0.15, 0.2) is 30.5 Å². The lowest BCUT2D eigenvalue weighted by Gasteiger charge is -2.05. The van der Waals surface area contributed by atoms with Gasteiger partial charge in [-0.1, -0.05) is 0 Å². The summed E-state index contributed by atoms with van der Waals surface area (Å²) >= 11 is 2.20. The van der Waals surface area contributed by atoms with Gasteiger partial charge < -0.3 is 11.1 Å². The molecule has 0 saturated heterocycles. The Labute approximate surface area is 119 Å². The Morgan fingerprint density at radius 1 is 1.44 bits per heavy atom. The van der Waals surface area contributed by atoms with Crippen molar-refractivity contribution < 1.29 is 4.79 Å². The fourth-order valence-corrected chi connectivity index (χ4v) is 1.87. The Hall–Kier alpha value is -1.57. The van der Waals surface area contributed by atoms with E-state index in [0.29, 0.717) is 17.9 Å². The van der Waals surface area contributed by atoms with E-state index < -0.39 is 0 Å². The van der Waals surface area contributed by atoms with Crippen molar-refractivity contribution in [2.24, 2.45) is 7.05 Å². The van der Waals surface area contributed by atoms with Gasteiger partial charge in [-0.25, -0.2) is 0 Å².